The van der Waals surface area contributed by atoms with Crippen LogP contribution in [0.15, 0.2) is 60.2 Å². The first-order valence-corrected chi connectivity index (χ1v) is 8.96. The van der Waals surface area contributed by atoms with Crippen molar-refractivity contribution < 1.29 is 18.5 Å². The van der Waals surface area contributed by atoms with Gasteiger partial charge in [-0.25, -0.2) is 8.78 Å². The molecule has 0 saturated carbocycles. The topological polar surface area (TPSA) is 36.1 Å². The van der Waals surface area contributed by atoms with Crippen LogP contribution in [0.4, 0.5) is 14.5 Å². The number of nitrogens with zero attached hydrogens (tertiary/aromatic N) is 1. The van der Waals surface area contributed by atoms with Crippen molar-refractivity contribution in [1.82, 2.24) is 0 Å². The highest BCUT2D eigenvalue weighted by atomic mass is 32.1. The lowest BCUT2D eigenvalue weighted by Gasteiger charge is -2.10. The number of thiocarbonyl (C=S) groups is 1. The Labute approximate surface area is 158 Å². The minimum atomic E-state index is -0.767. The average molecular weight is 389 g/mol. The third-order valence-electron chi connectivity index (χ3n) is 3.58. The molecular weight excluding hydrogens is 374 g/mol. The maximum absolute atomic E-state index is 14.0. The van der Waals surface area contributed by atoms with E-state index in [1.165, 1.54) is 17.4 Å². The molecule has 3 aromatic rings. The van der Waals surface area contributed by atoms with Crippen LogP contribution in [0, 0.1) is 18.6 Å². The molecular formula is C19H15F2N2OS2+. The van der Waals surface area contributed by atoms with Crippen molar-refractivity contribution in [3.63, 3.8) is 0 Å². The normalized spacial score (nSPS) is 11.8. The van der Waals surface area contributed by atoms with Gasteiger partial charge in [0.15, 0.2) is 17.4 Å². The minimum Gasteiger partial charge on any atom is -0.501 e. The molecule has 0 amide bonds. The SMILES string of the molecule is Cc1ccc[n+](/C(C(=S)Nc2ccc(F)cc2F)=C(/O)c2cccs2)c1. The van der Waals surface area contributed by atoms with E-state index in [9.17, 15) is 13.9 Å². The maximum atomic E-state index is 14.0. The number of thiophene rings is 1. The molecule has 1 aromatic carbocycles. The lowest BCUT2D eigenvalue weighted by molar-refractivity contribution is -0.576. The van der Waals surface area contributed by atoms with Crippen molar-refractivity contribution >= 4 is 45.7 Å². The third-order valence-corrected chi connectivity index (χ3v) is 4.75. The number of hydrogen-bond donors (Lipinski definition) is 2. The standard InChI is InChI=1S/C19H14F2N2OS2/c1-12-4-2-8-23(11-12)17(18(24)16-5-3-9-26-16)19(25)22-15-7-6-13(20)10-14(15)21/h2-11H,1H3,(H-,22,24,25)/p+1. The fourth-order valence-corrected chi connectivity index (χ4v) is 3.36. The fourth-order valence-electron chi connectivity index (χ4n) is 2.38. The Morgan fingerprint density at radius 2 is 2.00 bits per heavy atom. The van der Waals surface area contributed by atoms with Gasteiger partial charge in [-0.3, -0.25) is 0 Å². The highest BCUT2D eigenvalue weighted by molar-refractivity contribution is 7.81. The Balaban J connectivity index is 2.06. The lowest BCUT2D eigenvalue weighted by atomic mass is 10.2. The second kappa shape index (κ2) is 7.72. The van der Waals surface area contributed by atoms with Gasteiger partial charge < -0.3 is 10.4 Å². The summed E-state index contributed by atoms with van der Waals surface area (Å²) in [7, 11) is 0. The summed E-state index contributed by atoms with van der Waals surface area (Å²) >= 11 is 6.77. The van der Waals surface area contributed by atoms with Crippen LogP contribution in [0.1, 0.15) is 10.4 Å². The number of anilines is 1. The van der Waals surface area contributed by atoms with Crippen LogP contribution in [0.25, 0.3) is 11.5 Å². The summed E-state index contributed by atoms with van der Waals surface area (Å²) < 4.78 is 28.8. The highest BCUT2D eigenvalue weighted by Gasteiger charge is 2.25. The molecule has 3 nitrogen and oxygen atoms in total. The monoisotopic (exact) mass is 389 g/mol. The number of pyridine rings is 1. The quantitative estimate of drug-likeness (QED) is 0.287. The number of aliphatic hydroxyl groups excluding tert-OH is 1. The van der Waals surface area contributed by atoms with Gasteiger partial charge >= 0.3 is 0 Å². The van der Waals surface area contributed by atoms with Crippen molar-refractivity contribution in [2.24, 2.45) is 0 Å². The lowest BCUT2D eigenvalue weighted by Crippen LogP contribution is -2.38. The van der Waals surface area contributed by atoms with Crippen LogP contribution in [0.3, 0.4) is 0 Å². The fraction of sp³-hybridized carbons (Fsp3) is 0.0526. The van der Waals surface area contributed by atoms with E-state index in [1.54, 1.807) is 23.0 Å². The average Bonchev–Trinajstić information content (AvgIpc) is 3.12. The zero-order valence-corrected chi connectivity index (χ0v) is 15.4. The van der Waals surface area contributed by atoms with E-state index in [1.807, 2.05) is 30.5 Å². The first-order chi connectivity index (χ1) is 12.5. The Morgan fingerprint density at radius 3 is 2.65 bits per heavy atom. The predicted molar refractivity (Wildman–Crippen MR) is 104 cm³/mol. The molecule has 132 valence electrons. The van der Waals surface area contributed by atoms with E-state index in [2.05, 4.69) is 5.32 Å². The molecule has 3 rings (SSSR count). The Morgan fingerprint density at radius 1 is 1.19 bits per heavy atom. The van der Waals surface area contributed by atoms with E-state index < -0.39 is 11.6 Å². The summed E-state index contributed by atoms with van der Waals surface area (Å²) in [6.07, 6.45) is 3.54. The van der Waals surface area contributed by atoms with Crippen molar-refractivity contribution in [2.45, 2.75) is 6.92 Å². The summed E-state index contributed by atoms with van der Waals surface area (Å²) in [4.78, 5) is 0.731. The van der Waals surface area contributed by atoms with Gasteiger partial charge in [0, 0.05) is 17.7 Å². The number of aromatic nitrogens is 1. The minimum absolute atomic E-state index is 0.0288. The predicted octanol–water partition coefficient (Wildman–Crippen LogP) is 4.95. The smallest absolute Gasteiger partial charge is 0.289 e. The van der Waals surface area contributed by atoms with Gasteiger partial charge in [0.25, 0.3) is 5.70 Å². The van der Waals surface area contributed by atoms with Crippen LogP contribution >= 0.6 is 23.6 Å². The summed E-state index contributed by atoms with van der Waals surface area (Å²) in [5.74, 6) is -1.48. The summed E-state index contributed by atoms with van der Waals surface area (Å²) in [5.41, 5.74) is 1.29. The molecule has 0 aliphatic rings. The molecule has 7 heteroatoms. The number of rotatable bonds is 4. The highest BCUT2D eigenvalue weighted by Crippen LogP contribution is 2.23. The Hall–Kier alpha value is -2.64. The number of nitrogens with one attached hydrogen (secondary N) is 1. The van der Waals surface area contributed by atoms with Gasteiger partial charge in [0.2, 0.25) is 5.76 Å². The molecule has 2 N–H and O–H groups in total. The molecule has 0 spiro atoms. The largest absolute Gasteiger partial charge is 0.501 e. The van der Waals surface area contributed by atoms with Gasteiger partial charge in [-0.1, -0.05) is 18.3 Å². The molecule has 0 unspecified atom stereocenters. The third kappa shape index (κ3) is 3.95. The van der Waals surface area contributed by atoms with Gasteiger partial charge in [-0.05, 0) is 36.6 Å². The van der Waals surface area contributed by atoms with Crippen LogP contribution in [0.5, 0.6) is 0 Å². The first kappa shape index (κ1) is 18.2. The van der Waals surface area contributed by atoms with E-state index in [-0.39, 0.29) is 16.4 Å². The summed E-state index contributed by atoms with van der Waals surface area (Å²) in [6.45, 7) is 1.91. The van der Waals surface area contributed by atoms with Crippen LogP contribution < -0.4 is 9.88 Å². The molecule has 2 heterocycles. The van der Waals surface area contributed by atoms with E-state index in [4.69, 9.17) is 12.2 Å². The number of halogens is 2. The molecule has 0 aliphatic heterocycles. The van der Waals surface area contributed by atoms with Gasteiger partial charge in [-0.2, -0.15) is 4.57 Å². The molecule has 0 atom stereocenters. The van der Waals surface area contributed by atoms with Crippen molar-refractivity contribution in [1.29, 1.82) is 0 Å². The Bertz CT molecular complexity index is 985. The zero-order valence-electron chi connectivity index (χ0n) is 13.7. The van der Waals surface area contributed by atoms with Crippen LogP contribution in [0.2, 0.25) is 0 Å². The van der Waals surface area contributed by atoms with E-state index in [0.29, 0.717) is 10.6 Å². The van der Waals surface area contributed by atoms with Crippen molar-refractivity contribution in [2.75, 3.05) is 5.32 Å². The zero-order chi connectivity index (χ0) is 18.7. The number of hydrogen-bond acceptors (Lipinski definition) is 3. The molecule has 0 saturated heterocycles. The van der Waals surface area contributed by atoms with Crippen molar-refractivity contribution in [3.8, 4) is 0 Å². The molecule has 0 fully saturated rings. The van der Waals surface area contributed by atoms with Gasteiger partial charge in [0.1, 0.15) is 11.6 Å². The number of benzene rings is 1. The second-order valence-electron chi connectivity index (χ2n) is 5.54. The maximum Gasteiger partial charge on any atom is 0.289 e. The molecule has 26 heavy (non-hydrogen) atoms. The van der Waals surface area contributed by atoms with Gasteiger partial charge in [-0.15, -0.1) is 11.3 Å². The molecule has 0 aliphatic carbocycles. The van der Waals surface area contributed by atoms with E-state index >= 15 is 0 Å². The summed E-state index contributed by atoms with van der Waals surface area (Å²) in [6, 6.07) is 10.5. The summed E-state index contributed by atoms with van der Waals surface area (Å²) in [5, 5.41) is 15.4. The molecule has 0 radical (unpaired) electrons. The molecule has 2 aromatic heterocycles. The van der Waals surface area contributed by atoms with Crippen LogP contribution in [-0.4, -0.2) is 10.1 Å². The Kier molecular flexibility index (Phi) is 5.39. The van der Waals surface area contributed by atoms with Crippen LogP contribution in [-0.2, 0) is 0 Å². The van der Waals surface area contributed by atoms with Crippen molar-refractivity contribution in [3.05, 3.63) is 82.3 Å². The molecule has 0 bridgehead atoms. The number of aryl methyl sites for hydroxylation is 1. The second-order valence-corrected chi connectivity index (χ2v) is 6.90. The van der Waals surface area contributed by atoms with Gasteiger partial charge in [0.05, 0.1) is 10.6 Å². The van der Waals surface area contributed by atoms with E-state index in [0.717, 1.165) is 17.7 Å². The number of aliphatic hydroxyl groups is 1. The first-order valence-electron chi connectivity index (χ1n) is 7.67.